The van der Waals surface area contributed by atoms with Crippen molar-refractivity contribution in [1.29, 1.82) is 0 Å². The number of aryl methyl sites for hydroxylation is 1. The Labute approximate surface area is 183 Å². The minimum absolute atomic E-state index is 0.196. The van der Waals surface area contributed by atoms with Gasteiger partial charge in [-0.15, -0.1) is 0 Å². The van der Waals surface area contributed by atoms with E-state index in [-0.39, 0.29) is 11.6 Å². The van der Waals surface area contributed by atoms with Gasteiger partial charge in [0, 0.05) is 32.0 Å². The van der Waals surface area contributed by atoms with Crippen LogP contribution in [0.1, 0.15) is 46.9 Å². The van der Waals surface area contributed by atoms with Crippen LogP contribution in [0.2, 0.25) is 0 Å². The number of aromatic nitrogens is 2. The number of carbonyl (C=O) groups is 1. The molecule has 2 aromatic carbocycles. The lowest BCUT2D eigenvalue weighted by Crippen LogP contribution is -2.26. The van der Waals surface area contributed by atoms with Crippen LogP contribution in [0.25, 0.3) is 0 Å². The lowest BCUT2D eigenvalue weighted by molar-refractivity contribution is 0.0694. The van der Waals surface area contributed by atoms with E-state index in [2.05, 4.69) is 51.2 Å². The number of carboxylic acids is 1. The largest absolute Gasteiger partial charge is 0.478 e. The fraction of sp³-hybridized carbons (Fsp3) is 0.320. The van der Waals surface area contributed by atoms with E-state index in [4.69, 9.17) is 4.98 Å². The second-order valence-corrected chi connectivity index (χ2v) is 7.96. The van der Waals surface area contributed by atoms with Crippen LogP contribution in [0.15, 0.2) is 66.9 Å². The molecular weight excluding hydrogens is 388 g/mol. The zero-order valence-corrected chi connectivity index (χ0v) is 17.8. The Hall–Kier alpha value is -3.41. The van der Waals surface area contributed by atoms with E-state index in [1.807, 2.05) is 31.3 Å². The highest BCUT2D eigenvalue weighted by Gasteiger charge is 2.28. The summed E-state index contributed by atoms with van der Waals surface area (Å²) in [6.07, 6.45) is 5.00. The molecule has 0 bridgehead atoms. The zero-order valence-electron chi connectivity index (χ0n) is 17.8. The average molecular weight is 417 g/mol. The van der Waals surface area contributed by atoms with Crippen LogP contribution in [0, 0.1) is 0 Å². The predicted octanol–water partition coefficient (Wildman–Crippen LogP) is 4.59. The number of carboxylic acid groups (broad SMARTS) is 1. The van der Waals surface area contributed by atoms with Gasteiger partial charge in [0.1, 0.15) is 0 Å². The average Bonchev–Trinajstić information content (AvgIpc) is 3.30. The van der Waals surface area contributed by atoms with Gasteiger partial charge >= 0.3 is 5.97 Å². The monoisotopic (exact) mass is 416 g/mol. The molecule has 31 heavy (non-hydrogen) atoms. The minimum Gasteiger partial charge on any atom is -0.478 e. The smallest absolute Gasteiger partial charge is 0.339 e. The van der Waals surface area contributed by atoms with Crippen molar-refractivity contribution in [2.45, 2.75) is 31.7 Å². The maximum Gasteiger partial charge on any atom is 0.339 e. The van der Waals surface area contributed by atoms with Crippen molar-refractivity contribution in [3.05, 3.63) is 83.7 Å². The normalized spacial score (nSPS) is 15.8. The van der Waals surface area contributed by atoms with E-state index in [1.54, 1.807) is 0 Å². The second-order valence-electron chi connectivity index (χ2n) is 7.96. The van der Waals surface area contributed by atoms with Crippen molar-refractivity contribution in [2.24, 2.45) is 0 Å². The van der Waals surface area contributed by atoms with Crippen molar-refractivity contribution in [3.63, 3.8) is 0 Å². The molecule has 0 aliphatic carbocycles. The Morgan fingerprint density at radius 1 is 1.13 bits per heavy atom. The molecule has 0 saturated carbocycles. The van der Waals surface area contributed by atoms with E-state index in [1.165, 1.54) is 11.8 Å². The van der Waals surface area contributed by atoms with Gasteiger partial charge in [-0.25, -0.2) is 14.8 Å². The highest BCUT2D eigenvalue weighted by molar-refractivity contribution is 5.88. The summed E-state index contributed by atoms with van der Waals surface area (Å²) in [5.41, 5.74) is 3.20. The predicted molar refractivity (Wildman–Crippen MR) is 123 cm³/mol. The first-order valence-electron chi connectivity index (χ1n) is 10.8. The van der Waals surface area contributed by atoms with E-state index in [0.717, 1.165) is 38.0 Å². The summed E-state index contributed by atoms with van der Waals surface area (Å²) < 4.78 is 0. The first-order valence-corrected chi connectivity index (χ1v) is 10.8. The number of para-hydroxylation sites is 1. The number of rotatable bonds is 8. The lowest BCUT2D eigenvalue weighted by Gasteiger charge is -2.25. The van der Waals surface area contributed by atoms with Crippen molar-refractivity contribution < 1.29 is 9.90 Å². The van der Waals surface area contributed by atoms with Crippen LogP contribution >= 0.6 is 0 Å². The molecule has 1 atom stereocenters. The minimum atomic E-state index is -0.973. The van der Waals surface area contributed by atoms with Crippen LogP contribution in [0.3, 0.4) is 0 Å². The van der Waals surface area contributed by atoms with E-state index in [9.17, 15) is 9.90 Å². The quantitative estimate of drug-likeness (QED) is 0.579. The summed E-state index contributed by atoms with van der Waals surface area (Å²) in [7, 11) is 2.05. The van der Waals surface area contributed by atoms with Gasteiger partial charge in [0.05, 0.1) is 17.3 Å². The molecular formula is C25H28N4O2. The third kappa shape index (κ3) is 4.85. The number of nitrogens with zero attached hydrogens (tertiary/aromatic N) is 4. The SMILES string of the molecule is CN(CCCc1nc(N2CCCC2c2ccccc2)ncc1C(=O)O)c1ccccc1. The maximum atomic E-state index is 11.8. The summed E-state index contributed by atoms with van der Waals surface area (Å²) in [5, 5.41) is 9.63. The Bertz CT molecular complexity index is 1010. The van der Waals surface area contributed by atoms with Crippen LogP contribution < -0.4 is 9.80 Å². The summed E-state index contributed by atoms with van der Waals surface area (Å²) in [5.74, 6) is -0.346. The molecule has 6 nitrogen and oxygen atoms in total. The second kappa shape index (κ2) is 9.60. The van der Waals surface area contributed by atoms with Crippen LogP contribution in [0.4, 0.5) is 11.6 Å². The highest BCUT2D eigenvalue weighted by Crippen LogP contribution is 2.34. The van der Waals surface area contributed by atoms with E-state index < -0.39 is 5.97 Å². The molecule has 1 saturated heterocycles. The molecule has 1 aliphatic rings. The summed E-state index contributed by atoms with van der Waals surface area (Å²) in [4.78, 5) is 25.3. The number of aromatic carboxylic acids is 1. The standard InChI is InChI=1S/C25H28N4O2/c1-28(20-12-6-3-7-13-20)16-8-14-22-21(24(30)31)18-26-25(27-22)29-17-9-15-23(29)19-10-4-2-5-11-19/h2-7,10-13,18,23H,8-9,14-17H2,1H3,(H,30,31). The molecule has 0 amide bonds. The zero-order chi connectivity index (χ0) is 21.6. The molecule has 0 radical (unpaired) electrons. The Morgan fingerprint density at radius 2 is 1.84 bits per heavy atom. The molecule has 1 aromatic heterocycles. The molecule has 1 N–H and O–H groups in total. The van der Waals surface area contributed by atoms with Crippen molar-refractivity contribution in [3.8, 4) is 0 Å². The molecule has 6 heteroatoms. The molecule has 0 spiro atoms. The third-order valence-corrected chi connectivity index (χ3v) is 5.88. The van der Waals surface area contributed by atoms with Gasteiger partial charge in [-0.3, -0.25) is 0 Å². The molecule has 2 heterocycles. The summed E-state index contributed by atoms with van der Waals surface area (Å²) in [6.45, 7) is 1.70. The molecule has 1 unspecified atom stereocenters. The fourth-order valence-corrected chi connectivity index (χ4v) is 4.24. The first-order chi connectivity index (χ1) is 15.1. The van der Waals surface area contributed by atoms with Gasteiger partial charge < -0.3 is 14.9 Å². The molecule has 1 aliphatic heterocycles. The summed E-state index contributed by atoms with van der Waals surface area (Å²) >= 11 is 0. The molecule has 160 valence electrons. The van der Waals surface area contributed by atoms with Crippen LogP contribution in [0.5, 0.6) is 0 Å². The van der Waals surface area contributed by atoms with Crippen LogP contribution in [-0.4, -0.2) is 41.2 Å². The van der Waals surface area contributed by atoms with E-state index in [0.29, 0.717) is 18.1 Å². The number of hydrogen-bond acceptors (Lipinski definition) is 5. The third-order valence-electron chi connectivity index (χ3n) is 5.88. The van der Waals surface area contributed by atoms with E-state index >= 15 is 0 Å². The molecule has 3 aromatic rings. The van der Waals surface area contributed by atoms with Gasteiger partial charge in [0.2, 0.25) is 5.95 Å². The summed E-state index contributed by atoms with van der Waals surface area (Å²) in [6, 6.07) is 20.8. The molecule has 4 rings (SSSR count). The number of hydrogen-bond donors (Lipinski definition) is 1. The number of benzene rings is 2. The Balaban J connectivity index is 1.50. The van der Waals surface area contributed by atoms with Gasteiger partial charge in [-0.1, -0.05) is 48.5 Å². The van der Waals surface area contributed by atoms with Crippen LogP contribution in [-0.2, 0) is 6.42 Å². The fourth-order valence-electron chi connectivity index (χ4n) is 4.24. The van der Waals surface area contributed by atoms with Crippen molar-refractivity contribution >= 4 is 17.6 Å². The van der Waals surface area contributed by atoms with Gasteiger partial charge in [0.15, 0.2) is 0 Å². The van der Waals surface area contributed by atoms with Crippen molar-refractivity contribution in [2.75, 3.05) is 29.9 Å². The van der Waals surface area contributed by atoms with Gasteiger partial charge in [-0.2, -0.15) is 0 Å². The first kappa shape index (κ1) is 20.8. The number of anilines is 2. The van der Waals surface area contributed by atoms with Gasteiger partial charge in [-0.05, 0) is 43.4 Å². The maximum absolute atomic E-state index is 11.8. The van der Waals surface area contributed by atoms with Gasteiger partial charge in [0.25, 0.3) is 0 Å². The molecule has 1 fully saturated rings. The van der Waals surface area contributed by atoms with Crippen molar-refractivity contribution in [1.82, 2.24) is 9.97 Å². The highest BCUT2D eigenvalue weighted by atomic mass is 16.4. The Morgan fingerprint density at radius 3 is 2.55 bits per heavy atom. The Kier molecular flexibility index (Phi) is 6.46. The topological polar surface area (TPSA) is 69.6 Å². The lowest BCUT2D eigenvalue weighted by atomic mass is 10.1.